The first-order valence-electron chi connectivity index (χ1n) is 15.5. The molecule has 2 aliphatic heterocycles. The van der Waals surface area contributed by atoms with Gasteiger partial charge in [-0.25, -0.2) is 0 Å². The number of hydrogen-bond acceptors (Lipinski definition) is 8. The maximum absolute atomic E-state index is 13.7. The summed E-state index contributed by atoms with van der Waals surface area (Å²) in [7, 11) is -8.94. The summed E-state index contributed by atoms with van der Waals surface area (Å²) in [5.41, 5.74) is 2.40. The van der Waals surface area contributed by atoms with E-state index in [-0.39, 0.29) is 33.1 Å². The van der Waals surface area contributed by atoms with Gasteiger partial charge in [0.25, 0.3) is 20.2 Å². The van der Waals surface area contributed by atoms with Crippen molar-refractivity contribution in [2.24, 2.45) is 0 Å². The lowest BCUT2D eigenvalue weighted by Crippen LogP contribution is -2.32. The first-order chi connectivity index (χ1) is 22.2. The number of benzene rings is 2. The van der Waals surface area contributed by atoms with E-state index in [1.807, 2.05) is 44.1 Å². The second-order valence-corrected chi connectivity index (χ2v) is 16.1. The quantitative estimate of drug-likeness (QED) is 0.104. The van der Waals surface area contributed by atoms with Gasteiger partial charge in [-0.05, 0) is 75.6 Å². The van der Waals surface area contributed by atoms with Crippen LogP contribution in [0.4, 0.5) is 11.4 Å². The van der Waals surface area contributed by atoms with Gasteiger partial charge < -0.3 is 15.1 Å². The van der Waals surface area contributed by atoms with Crippen molar-refractivity contribution in [3.63, 3.8) is 0 Å². The van der Waals surface area contributed by atoms with Crippen LogP contribution in [0.25, 0.3) is 0 Å². The van der Waals surface area contributed by atoms with Crippen molar-refractivity contribution < 1.29 is 50.3 Å². The van der Waals surface area contributed by atoms with Crippen molar-refractivity contribution in [2.45, 2.75) is 80.9 Å². The van der Waals surface area contributed by atoms with Crippen LogP contribution >= 0.6 is 0 Å². The van der Waals surface area contributed by atoms with Crippen LogP contribution in [-0.2, 0) is 40.7 Å². The fourth-order valence-corrected chi connectivity index (χ4v) is 7.85. The Labute approximate surface area is 279 Å². The van der Waals surface area contributed by atoms with E-state index in [0.717, 1.165) is 0 Å². The van der Waals surface area contributed by atoms with E-state index in [0.29, 0.717) is 66.3 Å². The summed E-state index contributed by atoms with van der Waals surface area (Å²) < 4.78 is 68.9. The molecule has 3 aliphatic rings. The molecule has 12 nitrogen and oxygen atoms in total. The molecule has 0 spiro atoms. The van der Waals surface area contributed by atoms with Gasteiger partial charge in [0, 0.05) is 53.9 Å². The average Bonchev–Trinajstić information content (AvgIpc) is 3.34. The molecule has 0 saturated carbocycles. The third-order valence-corrected chi connectivity index (χ3v) is 11.2. The Morgan fingerprint density at radius 3 is 2.04 bits per heavy atom. The van der Waals surface area contributed by atoms with Crippen LogP contribution in [0.15, 0.2) is 80.9 Å². The minimum atomic E-state index is -4.49. The Morgan fingerprint density at radius 2 is 1.48 bits per heavy atom. The topological polar surface area (TPSA) is 190 Å². The zero-order chi connectivity index (χ0) is 35.6. The summed E-state index contributed by atoms with van der Waals surface area (Å²) in [5.74, 6) is -1.53. The Kier molecular flexibility index (Phi) is 8.87. The van der Waals surface area contributed by atoms with Gasteiger partial charge in [-0.3, -0.25) is 18.7 Å². The van der Waals surface area contributed by atoms with Crippen molar-refractivity contribution in [1.82, 2.24) is 0 Å². The number of carbonyl (C=O) groups is 2. The summed E-state index contributed by atoms with van der Waals surface area (Å²) >= 11 is 0. The zero-order valence-corrected chi connectivity index (χ0v) is 28.9. The number of ketones is 1. The first kappa shape index (κ1) is 35.2. The van der Waals surface area contributed by atoms with Gasteiger partial charge in [-0.15, -0.1) is 0 Å². The number of allylic oxidation sites excluding steroid dienone is 5. The number of unbranched alkanes of at least 4 members (excludes halogenated alkanes) is 2. The van der Waals surface area contributed by atoms with Crippen LogP contribution in [0.2, 0.25) is 0 Å². The molecule has 0 fully saturated rings. The van der Waals surface area contributed by atoms with Crippen LogP contribution in [0.3, 0.4) is 0 Å². The highest BCUT2D eigenvalue weighted by molar-refractivity contribution is 7.86. The van der Waals surface area contributed by atoms with Crippen LogP contribution in [-0.4, -0.2) is 71.3 Å². The van der Waals surface area contributed by atoms with Crippen molar-refractivity contribution in [1.29, 1.82) is 0 Å². The molecule has 48 heavy (non-hydrogen) atoms. The van der Waals surface area contributed by atoms with Crippen LogP contribution in [0.5, 0.6) is 0 Å². The van der Waals surface area contributed by atoms with Crippen molar-refractivity contribution in [2.75, 3.05) is 18.0 Å². The normalized spacial score (nSPS) is 20.1. The smallest absolute Gasteiger partial charge is 0.303 e. The fourth-order valence-electron chi connectivity index (χ4n) is 6.84. The first-order valence-corrected chi connectivity index (χ1v) is 18.4. The number of nitrogens with zero attached hydrogens (tertiary/aromatic N) is 2. The van der Waals surface area contributed by atoms with Crippen molar-refractivity contribution in [3.8, 4) is 0 Å². The molecule has 0 radical (unpaired) electrons. The molecule has 0 bridgehead atoms. The third-order valence-electron chi connectivity index (χ3n) is 9.47. The lowest BCUT2D eigenvalue weighted by atomic mass is 9.77. The lowest BCUT2D eigenvalue weighted by molar-refractivity contribution is -0.438. The minimum absolute atomic E-state index is 0.0327. The number of anilines is 1. The van der Waals surface area contributed by atoms with Gasteiger partial charge >= 0.3 is 5.97 Å². The predicted octanol–water partition coefficient (Wildman–Crippen LogP) is 5.22. The number of aliphatic hydroxyl groups is 1. The van der Waals surface area contributed by atoms with Gasteiger partial charge in [0.1, 0.15) is 12.3 Å². The Morgan fingerprint density at radius 1 is 0.875 bits per heavy atom. The van der Waals surface area contributed by atoms with E-state index >= 15 is 0 Å². The van der Waals surface area contributed by atoms with Crippen molar-refractivity contribution >= 4 is 49.1 Å². The second kappa shape index (κ2) is 12.1. The maximum Gasteiger partial charge on any atom is 0.303 e. The number of aliphatic hydroxyl groups excluding tert-OH is 1. The molecule has 0 amide bonds. The fraction of sp³-hybridized carbons (Fsp3) is 0.382. The monoisotopic (exact) mass is 699 g/mol. The Bertz CT molecular complexity index is 2100. The summed E-state index contributed by atoms with van der Waals surface area (Å²) in [6.07, 6.45) is 4.92. The molecule has 0 unspecified atom stereocenters. The summed E-state index contributed by atoms with van der Waals surface area (Å²) in [6.45, 7) is 10.2. The third kappa shape index (κ3) is 6.02. The van der Waals surface area contributed by atoms with Crippen LogP contribution < -0.4 is 4.90 Å². The number of hydrogen-bond donors (Lipinski definition) is 4. The number of likely N-dealkylation sites (N-methyl/N-ethyl adjacent to an activating group) is 1. The van der Waals surface area contributed by atoms with Crippen LogP contribution in [0, 0.1) is 0 Å². The SMILES string of the molecule is CCN1/C(=C/C2=C(O)C(=C\C3=[N+](CCCCCC(=O)O)c4ccc(S(=O)(=O)O)cc4C3(C)C)/C2=O)C(C)(C)c2cc(S(=O)(=O)O)ccc21. The standard InChI is InChI=1S/C34H38N2O10S2/c1-6-35-26-13-11-20(47(41,42)43)16-24(26)33(2,3)28(35)18-22-31(39)23(32(22)40)19-29-34(4,5)25-17-21(48(44,45)46)12-14-27(25)36(29)15-9-7-8-10-30(37)38/h11-14,16-19H,6-10,15H2,1-5H3,(H3-,37,38,39,40,41,42,43,44,45,46)/p+1. The van der Waals surface area contributed by atoms with Crippen molar-refractivity contribution in [3.05, 3.63) is 82.3 Å². The molecule has 2 aromatic rings. The second-order valence-electron chi connectivity index (χ2n) is 13.2. The van der Waals surface area contributed by atoms with E-state index in [1.165, 1.54) is 24.3 Å². The molecule has 0 atom stereocenters. The van der Waals surface area contributed by atoms with Gasteiger partial charge in [0.2, 0.25) is 11.5 Å². The molecule has 14 heteroatoms. The number of rotatable bonds is 11. The van der Waals surface area contributed by atoms with E-state index in [9.17, 15) is 40.6 Å². The highest BCUT2D eigenvalue weighted by Gasteiger charge is 2.48. The van der Waals surface area contributed by atoms with Gasteiger partial charge in [0.15, 0.2) is 5.71 Å². The molecule has 0 saturated heterocycles. The molecule has 4 N–H and O–H groups in total. The Hall–Kier alpha value is -4.11. The predicted molar refractivity (Wildman–Crippen MR) is 178 cm³/mol. The average molecular weight is 700 g/mol. The molecule has 0 aromatic heterocycles. The minimum Gasteiger partial charge on any atom is -0.506 e. The Balaban J connectivity index is 1.56. The van der Waals surface area contributed by atoms with Gasteiger partial charge in [0.05, 0.1) is 26.4 Å². The number of fused-ring (bicyclic) bond motifs is 2. The molecule has 2 heterocycles. The molecular formula is C34H39N2O10S2+. The number of carboxylic acid groups (broad SMARTS) is 1. The van der Waals surface area contributed by atoms with Gasteiger partial charge in [-0.2, -0.15) is 21.4 Å². The highest BCUT2D eigenvalue weighted by Crippen LogP contribution is 2.50. The zero-order valence-electron chi connectivity index (χ0n) is 27.3. The van der Waals surface area contributed by atoms with E-state index in [2.05, 4.69) is 0 Å². The molecule has 2 aromatic carbocycles. The molecule has 5 rings (SSSR count). The summed E-state index contributed by atoms with van der Waals surface area (Å²) in [6, 6.07) is 8.62. The number of carbonyl (C=O) groups excluding carboxylic acids is 1. The number of carboxylic acids is 1. The summed E-state index contributed by atoms with van der Waals surface area (Å²) in [5, 5.41) is 20.3. The largest absolute Gasteiger partial charge is 0.506 e. The highest BCUT2D eigenvalue weighted by atomic mass is 32.2. The molecule has 256 valence electrons. The van der Waals surface area contributed by atoms with E-state index in [1.54, 1.807) is 24.3 Å². The molecule has 1 aliphatic carbocycles. The molecular weight excluding hydrogens is 661 g/mol. The number of aliphatic carboxylic acids is 1. The maximum atomic E-state index is 13.7. The van der Waals surface area contributed by atoms with E-state index < -0.39 is 42.8 Å². The summed E-state index contributed by atoms with van der Waals surface area (Å²) in [4.78, 5) is 26.1. The lowest BCUT2D eigenvalue weighted by Gasteiger charge is -2.28. The number of Topliss-reactive ketones (excluding diaryl/α,β-unsaturated/α-hetero) is 1. The van der Waals surface area contributed by atoms with E-state index in [4.69, 9.17) is 5.11 Å². The van der Waals surface area contributed by atoms with Gasteiger partial charge in [-0.1, -0.05) is 13.8 Å². The van der Waals surface area contributed by atoms with Crippen LogP contribution in [0.1, 0.15) is 71.4 Å².